The maximum atomic E-state index is 10.9. The van der Waals surface area contributed by atoms with Crippen molar-refractivity contribution in [3.8, 4) is 6.07 Å². The second-order valence-corrected chi connectivity index (χ2v) is 4.41. The molecule has 0 saturated carbocycles. The Morgan fingerprint density at radius 2 is 2.45 bits per heavy atom. The van der Waals surface area contributed by atoms with Crippen molar-refractivity contribution in [2.24, 2.45) is 0 Å². The summed E-state index contributed by atoms with van der Waals surface area (Å²) in [5.41, 5.74) is 0. The van der Waals surface area contributed by atoms with Crippen molar-refractivity contribution in [3.63, 3.8) is 0 Å². The zero-order valence-electron chi connectivity index (χ0n) is 6.46. The van der Waals surface area contributed by atoms with E-state index in [0.29, 0.717) is 5.75 Å². The molecule has 0 heterocycles. The molecule has 0 fully saturated rings. The Labute approximate surface area is 74.3 Å². The third kappa shape index (κ3) is 6.07. The van der Waals surface area contributed by atoms with Crippen LogP contribution in [-0.4, -0.2) is 24.0 Å². The molecule has 5 heteroatoms. The first-order valence-corrected chi connectivity index (χ1v) is 5.78. The molecule has 0 spiro atoms. The molecule has 3 nitrogen and oxygen atoms in total. The van der Waals surface area contributed by atoms with Gasteiger partial charge in [0.05, 0.1) is 11.8 Å². The summed E-state index contributed by atoms with van der Waals surface area (Å²) in [4.78, 5) is 10.9. The molecule has 0 aromatic carbocycles. The lowest BCUT2D eigenvalue weighted by molar-refractivity contribution is -0.118. The van der Waals surface area contributed by atoms with E-state index in [2.05, 4.69) is 5.32 Å². The number of carbonyl (C=O) groups excluding carboxylic acids is 1. The second-order valence-electron chi connectivity index (χ2n) is 1.85. The van der Waals surface area contributed by atoms with Gasteiger partial charge in [-0.25, -0.2) is 0 Å². The zero-order chi connectivity index (χ0) is 8.69. The summed E-state index contributed by atoms with van der Waals surface area (Å²) in [6.45, 7) is 1.65. The van der Waals surface area contributed by atoms with Crippen molar-refractivity contribution in [1.82, 2.24) is 5.32 Å². The molecule has 1 unspecified atom stereocenters. The maximum absolute atomic E-state index is 10.9. The highest BCUT2D eigenvalue weighted by atomic mass is 33.1. The van der Waals surface area contributed by atoms with Crippen LogP contribution < -0.4 is 5.32 Å². The first-order chi connectivity index (χ1) is 5.20. The number of carbonyl (C=O) groups is 1. The molecule has 11 heavy (non-hydrogen) atoms. The monoisotopic (exact) mass is 190 g/mol. The van der Waals surface area contributed by atoms with Crippen molar-refractivity contribution < 1.29 is 4.79 Å². The Bertz CT molecular complexity index is 166. The van der Waals surface area contributed by atoms with Crippen LogP contribution in [-0.2, 0) is 4.79 Å². The summed E-state index contributed by atoms with van der Waals surface area (Å²) in [6, 6.07) is 1.54. The van der Waals surface area contributed by atoms with E-state index in [9.17, 15) is 4.79 Å². The average Bonchev–Trinajstić information content (AvgIpc) is 2.00. The van der Waals surface area contributed by atoms with E-state index in [1.165, 1.54) is 21.6 Å². The third-order valence-corrected chi connectivity index (χ3v) is 2.56. The Hall–Kier alpha value is -0.340. The van der Waals surface area contributed by atoms with Gasteiger partial charge in [0.15, 0.2) is 0 Å². The van der Waals surface area contributed by atoms with E-state index in [0.717, 1.165) is 0 Å². The first-order valence-electron chi connectivity index (χ1n) is 3.05. The molecule has 1 N–H and O–H groups in total. The molecule has 0 aliphatic rings. The summed E-state index contributed by atoms with van der Waals surface area (Å²) in [7, 11) is 3.00. The van der Waals surface area contributed by atoms with Gasteiger partial charge in [-0.3, -0.25) is 4.79 Å². The van der Waals surface area contributed by atoms with Gasteiger partial charge in [-0.2, -0.15) is 5.26 Å². The van der Waals surface area contributed by atoms with Crippen LogP contribution in [0.15, 0.2) is 0 Å². The van der Waals surface area contributed by atoms with E-state index in [1.807, 2.05) is 12.3 Å². The quantitative estimate of drug-likeness (QED) is 0.673. The van der Waals surface area contributed by atoms with Gasteiger partial charge in [0.1, 0.15) is 6.04 Å². The van der Waals surface area contributed by atoms with Gasteiger partial charge in [0, 0.05) is 0 Å². The maximum Gasteiger partial charge on any atom is 0.231 e. The Kier molecular flexibility index (Phi) is 6.18. The average molecular weight is 190 g/mol. The molecule has 0 saturated heterocycles. The summed E-state index contributed by atoms with van der Waals surface area (Å²) in [5.74, 6) is 0.325. The predicted molar refractivity (Wildman–Crippen MR) is 49.2 cm³/mol. The van der Waals surface area contributed by atoms with Crippen molar-refractivity contribution in [3.05, 3.63) is 0 Å². The van der Waals surface area contributed by atoms with Crippen molar-refractivity contribution in [1.29, 1.82) is 5.26 Å². The Morgan fingerprint density at radius 1 is 1.82 bits per heavy atom. The van der Waals surface area contributed by atoms with Gasteiger partial charge in [-0.1, -0.05) is 21.6 Å². The van der Waals surface area contributed by atoms with Crippen LogP contribution in [0.2, 0.25) is 0 Å². The number of hydrogen-bond acceptors (Lipinski definition) is 4. The number of hydrogen-bond donors (Lipinski definition) is 1. The molecular weight excluding hydrogens is 180 g/mol. The van der Waals surface area contributed by atoms with Gasteiger partial charge in [0.2, 0.25) is 5.91 Å². The lowest BCUT2D eigenvalue weighted by Gasteiger charge is -2.03. The smallest absolute Gasteiger partial charge is 0.231 e. The minimum atomic E-state index is -0.384. The van der Waals surface area contributed by atoms with Crippen molar-refractivity contribution in [2.45, 2.75) is 13.0 Å². The SMILES string of the molecule is CSSCC(=O)NC(C)C#N. The van der Waals surface area contributed by atoms with Crippen LogP contribution in [0.25, 0.3) is 0 Å². The fraction of sp³-hybridized carbons (Fsp3) is 0.667. The predicted octanol–water partition coefficient (Wildman–Crippen LogP) is 1.03. The van der Waals surface area contributed by atoms with Gasteiger partial charge >= 0.3 is 0 Å². The van der Waals surface area contributed by atoms with Crippen LogP contribution in [0.1, 0.15) is 6.92 Å². The van der Waals surface area contributed by atoms with Crippen molar-refractivity contribution >= 4 is 27.5 Å². The fourth-order valence-corrected chi connectivity index (χ4v) is 1.41. The molecule has 0 rings (SSSR count). The molecule has 62 valence electrons. The number of nitriles is 1. The van der Waals surface area contributed by atoms with Crippen LogP contribution in [0.3, 0.4) is 0 Å². The summed E-state index contributed by atoms with van der Waals surface area (Å²) >= 11 is 0. The van der Waals surface area contributed by atoms with Crippen LogP contribution in [0, 0.1) is 11.3 Å². The van der Waals surface area contributed by atoms with Crippen LogP contribution in [0.4, 0.5) is 0 Å². The molecule has 0 aliphatic heterocycles. The zero-order valence-corrected chi connectivity index (χ0v) is 8.09. The van der Waals surface area contributed by atoms with Crippen LogP contribution >= 0.6 is 21.6 Å². The Balaban J connectivity index is 3.46. The lowest BCUT2D eigenvalue weighted by atomic mass is 10.4. The molecule has 0 aromatic rings. The highest BCUT2D eigenvalue weighted by molar-refractivity contribution is 8.76. The molecule has 0 aromatic heterocycles. The fourth-order valence-electron chi connectivity index (χ4n) is 0.428. The second kappa shape index (κ2) is 6.38. The lowest BCUT2D eigenvalue weighted by Crippen LogP contribution is -2.32. The summed E-state index contributed by atoms with van der Waals surface area (Å²) < 4.78 is 0. The van der Waals surface area contributed by atoms with Crippen molar-refractivity contribution in [2.75, 3.05) is 12.0 Å². The number of nitrogens with one attached hydrogen (secondary N) is 1. The molecular formula is C6H10N2OS2. The van der Waals surface area contributed by atoms with Gasteiger partial charge in [-0.05, 0) is 13.2 Å². The molecule has 1 amide bonds. The van der Waals surface area contributed by atoms with E-state index in [4.69, 9.17) is 5.26 Å². The highest BCUT2D eigenvalue weighted by Gasteiger charge is 2.04. The number of rotatable bonds is 4. The minimum absolute atomic E-state index is 0.0848. The molecule has 0 radical (unpaired) electrons. The molecule has 1 atom stereocenters. The van der Waals surface area contributed by atoms with Gasteiger partial charge in [-0.15, -0.1) is 0 Å². The van der Waals surface area contributed by atoms with E-state index in [-0.39, 0.29) is 11.9 Å². The third-order valence-electron chi connectivity index (χ3n) is 0.879. The molecule has 0 bridgehead atoms. The van der Waals surface area contributed by atoms with E-state index < -0.39 is 0 Å². The highest BCUT2D eigenvalue weighted by Crippen LogP contribution is 2.15. The topological polar surface area (TPSA) is 52.9 Å². The van der Waals surface area contributed by atoms with Gasteiger partial charge in [0.25, 0.3) is 0 Å². The minimum Gasteiger partial charge on any atom is -0.340 e. The van der Waals surface area contributed by atoms with E-state index >= 15 is 0 Å². The standard InChI is InChI=1S/C6H10N2OS2/c1-5(3-7)8-6(9)4-11-10-2/h5H,4H2,1-2H3,(H,8,9). The Morgan fingerprint density at radius 3 is 2.91 bits per heavy atom. The van der Waals surface area contributed by atoms with Gasteiger partial charge < -0.3 is 5.32 Å². The number of amides is 1. The summed E-state index contributed by atoms with van der Waals surface area (Å²) in [6.07, 6.45) is 1.91. The normalized spacial score (nSPS) is 11.7. The largest absolute Gasteiger partial charge is 0.340 e. The summed E-state index contributed by atoms with van der Waals surface area (Å²) in [5, 5.41) is 10.9. The molecule has 0 aliphatic carbocycles. The van der Waals surface area contributed by atoms with Crippen LogP contribution in [0.5, 0.6) is 0 Å². The number of nitrogens with zero attached hydrogens (tertiary/aromatic N) is 1. The van der Waals surface area contributed by atoms with E-state index in [1.54, 1.807) is 6.92 Å². The first kappa shape index (κ1) is 10.7.